The molecule has 1 aliphatic rings. The summed E-state index contributed by atoms with van der Waals surface area (Å²) in [6, 6.07) is 5.59. The lowest BCUT2D eigenvalue weighted by atomic mass is 9.94. The fraction of sp³-hybridized carbons (Fsp3) is 0.400. The van der Waals surface area contributed by atoms with Crippen molar-refractivity contribution in [3.05, 3.63) is 34.1 Å². The van der Waals surface area contributed by atoms with Crippen LogP contribution >= 0.6 is 0 Å². The minimum absolute atomic E-state index is 0.0526. The predicted octanol–water partition coefficient (Wildman–Crippen LogP) is 2.64. The summed E-state index contributed by atoms with van der Waals surface area (Å²) in [5.41, 5.74) is 1.22. The zero-order chi connectivity index (χ0) is 13.6. The van der Waals surface area contributed by atoms with Gasteiger partial charge >= 0.3 is 0 Å². The van der Waals surface area contributed by atoms with Crippen LogP contribution in [0, 0.1) is 0 Å². The highest BCUT2D eigenvalue weighted by molar-refractivity contribution is 5.87. The first-order valence-electron chi connectivity index (χ1n) is 6.42. The summed E-state index contributed by atoms with van der Waals surface area (Å²) in [6.07, 6.45) is 1.59. The third-order valence-corrected chi connectivity index (χ3v) is 3.62. The average molecular weight is 259 g/mol. The molecule has 0 saturated heterocycles. The smallest absolute Gasteiger partial charge is 0.255 e. The Bertz CT molecular complexity index is 700. The van der Waals surface area contributed by atoms with Gasteiger partial charge in [0.1, 0.15) is 17.1 Å². The van der Waals surface area contributed by atoms with Crippen LogP contribution in [0.25, 0.3) is 10.9 Å². The van der Waals surface area contributed by atoms with Crippen LogP contribution in [0.3, 0.4) is 0 Å². The lowest BCUT2D eigenvalue weighted by Crippen LogP contribution is -2.35. The largest absolute Gasteiger partial charge is 0.497 e. The second-order valence-corrected chi connectivity index (χ2v) is 5.54. The number of ether oxygens (including phenoxy) is 2. The molecular formula is C15H17NO3. The van der Waals surface area contributed by atoms with Gasteiger partial charge in [-0.25, -0.2) is 0 Å². The van der Waals surface area contributed by atoms with Crippen LogP contribution in [0.15, 0.2) is 23.0 Å². The predicted molar refractivity (Wildman–Crippen MR) is 74.1 cm³/mol. The van der Waals surface area contributed by atoms with E-state index in [0.29, 0.717) is 5.75 Å². The number of rotatable bonds is 1. The summed E-state index contributed by atoms with van der Waals surface area (Å²) < 4.78 is 11.3. The van der Waals surface area contributed by atoms with Gasteiger partial charge in [0.05, 0.1) is 18.2 Å². The van der Waals surface area contributed by atoms with E-state index in [1.807, 2.05) is 32.0 Å². The Hall–Kier alpha value is -1.97. The summed E-state index contributed by atoms with van der Waals surface area (Å²) in [7, 11) is 1.63. The number of H-pyrrole nitrogens is 1. The maximum absolute atomic E-state index is 12.1. The van der Waals surface area contributed by atoms with E-state index in [1.165, 1.54) is 0 Å². The van der Waals surface area contributed by atoms with Gasteiger partial charge in [-0.2, -0.15) is 0 Å². The van der Waals surface area contributed by atoms with E-state index in [-0.39, 0.29) is 11.2 Å². The van der Waals surface area contributed by atoms with Gasteiger partial charge in [0, 0.05) is 5.39 Å². The normalized spacial score (nSPS) is 16.8. The number of aromatic nitrogens is 1. The number of pyridine rings is 1. The molecule has 1 aromatic carbocycles. The summed E-state index contributed by atoms with van der Waals surface area (Å²) in [5, 5.41) is 0.904. The van der Waals surface area contributed by atoms with E-state index in [1.54, 1.807) is 7.11 Å². The molecule has 0 unspecified atom stereocenters. The van der Waals surface area contributed by atoms with Crippen molar-refractivity contribution < 1.29 is 9.47 Å². The van der Waals surface area contributed by atoms with Crippen LogP contribution in [-0.2, 0) is 6.42 Å². The van der Waals surface area contributed by atoms with E-state index in [2.05, 4.69) is 4.98 Å². The van der Waals surface area contributed by atoms with Gasteiger partial charge in [-0.3, -0.25) is 4.79 Å². The standard InChI is InChI=1S/C15H17NO3/c1-15(2)7-6-10-13(19-15)11-8-9(18-3)4-5-12(11)16-14(10)17/h4-5,8H,6-7H2,1-3H3,(H,16,17). The highest BCUT2D eigenvalue weighted by Gasteiger charge is 2.29. The molecule has 0 fully saturated rings. The summed E-state index contributed by atoms with van der Waals surface area (Å²) in [6.45, 7) is 4.09. The van der Waals surface area contributed by atoms with E-state index in [0.717, 1.165) is 35.1 Å². The monoisotopic (exact) mass is 259 g/mol. The van der Waals surface area contributed by atoms with E-state index in [9.17, 15) is 4.79 Å². The van der Waals surface area contributed by atoms with Crippen LogP contribution < -0.4 is 15.0 Å². The maximum Gasteiger partial charge on any atom is 0.255 e. The Morgan fingerprint density at radius 2 is 2.16 bits per heavy atom. The van der Waals surface area contributed by atoms with Gasteiger partial charge in [-0.15, -0.1) is 0 Å². The molecule has 19 heavy (non-hydrogen) atoms. The van der Waals surface area contributed by atoms with E-state index < -0.39 is 0 Å². The second kappa shape index (κ2) is 4.02. The van der Waals surface area contributed by atoms with Gasteiger partial charge < -0.3 is 14.5 Å². The Balaban J connectivity index is 2.32. The number of fused-ring (bicyclic) bond motifs is 3. The van der Waals surface area contributed by atoms with Crippen molar-refractivity contribution in [1.82, 2.24) is 4.98 Å². The van der Waals surface area contributed by atoms with Gasteiger partial charge in [-0.05, 0) is 44.9 Å². The third kappa shape index (κ3) is 1.97. The number of nitrogens with one attached hydrogen (secondary N) is 1. The molecule has 3 rings (SSSR count). The first kappa shape index (κ1) is 12.1. The Kier molecular flexibility index (Phi) is 2.55. The fourth-order valence-corrected chi connectivity index (χ4v) is 2.51. The number of hydrogen-bond acceptors (Lipinski definition) is 3. The van der Waals surface area contributed by atoms with Crippen molar-refractivity contribution in [2.24, 2.45) is 0 Å². The topological polar surface area (TPSA) is 51.3 Å². The molecule has 0 bridgehead atoms. The molecule has 4 nitrogen and oxygen atoms in total. The van der Waals surface area contributed by atoms with Crippen molar-refractivity contribution in [2.45, 2.75) is 32.3 Å². The first-order valence-corrected chi connectivity index (χ1v) is 6.42. The molecule has 0 radical (unpaired) electrons. The molecule has 100 valence electrons. The van der Waals surface area contributed by atoms with Crippen molar-refractivity contribution in [1.29, 1.82) is 0 Å². The molecule has 2 aromatic rings. The molecular weight excluding hydrogens is 242 g/mol. The van der Waals surface area contributed by atoms with Crippen molar-refractivity contribution >= 4 is 10.9 Å². The molecule has 0 spiro atoms. The molecule has 0 atom stereocenters. The minimum atomic E-state index is -0.239. The highest BCUT2D eigenvalue weighted by atomic mass is 16.5. The molecule has 0 amide bonds. The Labute approximate surface area is 111 Å². The molecule has 1 aromatic heterocycles. The minimum Gasteiger partial charge on any atom is -0.497 e. The van der Waals surface area contributed by atoms with E-state index >= 15 is 0 Å². The van der Waals surface area contributed by atoms with Crippen LogP contribution in [0.4, 0.5) is 0 Å². The molecule has 0 saturated carbocycles. The van der Waals surface area contributed by atoms with Crippen LogP contribution in [-0.4, -0.2) is 17.7 Å². The zero-order valence-corrected chi connectivity index (χ0v) is 11.4. The molecule has 2 heterocycles. The molecule has 1 N–H and O–H groups in total. The molecule has 0 aliphatic carbocycles. The quantitative estimate of drug-likeness (QED) is 0.856. The lowest BCUT2D eigenvalue weighted by Gasteiger charge is -2.32. The first-order chi connectivity index (χ1) is 9.00. The van der Waals surface area contributed by atoms with Crippen LogP contribution in [0.1, 0.15) is 25.8 Å². The Morgan fingerprint density at radius 3 is 2.89 bits per heavy atom. The number of methoxy groups -OCH3 is 1. The third-order valence-electron chi connectivity index (χ3n) is 3.62. The van der Waals surface area contributed by atoms with Gasteiger partial charge in [0.25, 0.3) is 5.56 Å². The lowest BCUT2D eigenvalue weighted by molar-refractivity contribution is 0.0862. The molecule has 4 heteroatoms. The van der Waals surface area contributed by atoms with Crippen LogP contribution in [0.5, 0.6) is 11.5 Å². The van der Waals surface area contributed by atoms with Crippen molar-refractivity contribution in [3.8, 4) is 11.5 Å². The highest BCUT2D eigenvalue weighted by Crippen LogP contribution is 2.37. The summed E-state index contributed by atoms with van der Waals surface area (Å²) in [5.74, 6) is 1.46. The SMILES string of the molecule is COc1ccc2[nH]c(=O)c3c(c2c1)OC(C)(C)CC3. The van der Waals surface area contributed by atoms with Gasteiger partial charge in [0.2, 0.25) is 0 Å². The summed E-state index contributed by atoms with van der Waals surface area (Å²) in [4.78, 5) is 15.0. The van der Waals surface area contributed by atoms with Crippen LogP contribution in [0.2, 0.25) is 0 Å². The maximum atomic E-state index is 12.1. The number of hydrogen-bond donors (Lipinski definition) is 1. The molecule has 1 aliphatic heterocycles. The number of benzene rings is 1. The fourth-order valence-electron chi connectivity index (χ4n) is 2.51. The van der Waals surface area contributed by atoms with Gasteiger partial charge in [0.15, 0.2) is 0 Å². The van der Waals surface area contributed by atoms with Crippen molar-refractivity contribution in [3.63, 3.8) is 0 Å². The van der Waals surface area contributed by atoms with Gasteiger partial charge in [-0.1, -0.05) is 0 Å². The summed E-state index contributed by atoms with van der Waals surface area (Å²) >= 11 is 0. The average Bonchev–Trinajstić information content (AvgIpc) is 2.37. The Morgan fingerprint density at radius 1 is 1.37 bits per heavy atom. The van der Waals surface area contributed by atoms with Crippen molar-refractivity contribution in [2.75, 3.05) is 7.11 Å². The second-order valence-electron chi connectivity index (χ2n) is 5.54. The van der Waals surface area contributed by atoms with E-state index in [4.69, 9.17) is 9.47 Å². The number of aromatic amines is 1. The zero-order valence-electron chi connectivity index (χ0n) is 11.4.